The van der Waals surface area contributed by atoms with E-state index in [1.807, 2.05) is 62.5 Å². The number of ether oxygens (including phenoxy) is 2. The first-order valence-corrected chi connectivity index (χ1v) is 13.6. The lowest BCUT2D eigenvalue weighted by atomic mass is 9.99. The third-order valence-corrected chi connectivity index (χ3v) is 7.21. The van der Waals surface area contributed by atoms with Gasteiger partial charge in [0.2, 0.25) is 0 Å². The van der Waals surface area contributed by atoms with Crippen molar-refractivity contribution in [3.05, 3.63) is 112 Å². The van der Waals surface area contributed by atoms with E-state index in [-0.39, 0.29) is 11.3 Å². The molecule has 0 saturated carbocycles. The second-order valence-corrected chi connectivity index (χ2v) is 10.8. The molecular weight excluding hydrogens is 510 g/mol. The summed E-state index contributed by atoms with van der Waals surface area (Å²) < 4.78 is 11.8. The second kappa shape index (κ2) is 11.2. The molecule has 1 amide bonds. The summed E-state index contributed by atoms with van der Waals surface area (Å²) in [5.41, 5.74) is 2.07. The fourth-order valence-electron chi connectivity index (χ4n) is 4.46. The van der Waals surface area contributed by atoms with Crippen LogP contribution in [0.25, 0.3) is 5.76 Å². The van der Waals surface area contributed by atoms with Gasteiger partial charge in [-0.1, -0.05) is 44.2 Å². The molecule has 7 heteroatoms. The van der Waals surface area contributed by atoms with Gasteiger partial charge in [0.1, 0.15) is 29.0 Å². The summed E-state index contributed by atoms with van der Waals surface area (Å²) in [7, 11) is 0. The van der Waals surface area contributed by atoms with Crippen molar-refractivity contribution in [1.82, 2.24) is 0 Å². The van der Waals surface area contributed by atoms with E-state index in [2.05, 4.69) is 0 Å². The standard InChI is InChI=1S/C32H29NO5S/c1-20(2)19-37-25-9-5-8-22(18-25)30(34)28-29(27-11-6-16-39-27)33(32(36)31(28)35)23-12-14-24(15-13-23)38-26-10-4-7-21(3)17-26/h4-18,20,29,34H,19H2,1-3H3/b30-28-. The molecule has 1 saturated heterocycles. The van der Waals surface area contributed by atoms with Crippen LogP contribution in [0.2, 0.25) is 0 Å². The van der Waals surface area contributed by atoms with E-state index in [4.69, 9.17) is 9.47 Å². The summed E-state index contributed by atoms with van der Waals surface area (Å²) in [5, 5.41) is 13.3. The first-order chi connectivity index (χ1) is 18.8. The van der Waals surface area contributed by atoms with E-state index >= 15 is 0 Å². The molecule has 0 spiro atoms. The monoisotopic (exact) mass is 539 g/mol. The van der Waals surface area contributed by atoms with Gasteiger partial charge in [0.15, 0.2) is 0 Å². The molecule has 198 valence electrons. The van der Waals surface area contributed by atoms with Crippen molar-refractivity contribution < 1.29 is 24.2 Å². The molecule has 0 radical (unpaired) electrons. The molecule has 1 aromatic heterocycles. The molecule has 1 N–H and O–H groups in total. The number of rotatable bonds is 8. The highest BCUT2D eigenvalue weighted by molar-refractivity contribution is 7.10. The Morgan fingerprint density at radius 2 is 1.67 bits per heavy atom. The summed E-state index contributed by atoms with van der Waals surface area (Å²) in [6.45, 7) is 6.61. The minimum absolute atomic E-state index is 0.0450. The smallest absolute Gasteiger partial charge is 0.300 e. The Hall–Kier alpha value is -4.36. The molecule has 5 rings (SSSR count). The van der Waals surface area contributed by atoms with Gasteiger partial charge >= 0.3 is 0 Å². The molecule has 1 atom stereocenters. The topological polar surface area (TPSA) is 76.1 Å². The van der Waals surface area contributed by atoms with Crippen molar-refractivity contribution in [3.63, 3.8) is 0 Å². The third kappa shape index (κ3) is 5.59. The fourth-order valence-corrected chi connectivity index (χ4v) is 5.28. The Kier molecular flexibility index (Phi) is 7.52. The number of hydrogen-bond acceptors (Lipinski definition) is 6. The van der Waals surface area contributed by atoms with Crippen LogP contribution >= 0.6 is 11.3 Å². The number of aliphatic hydroxyl groups excluding tert-OH is 1. The molecule has 6 nitrogen and oxygen atoms in total. The van der Waals surface area contributed by atoms with Gasteiger partial charge in [-0.2, -0.15) is 0 Å². The zero-order valence-corrected chi connectivity index (χ0v) is 22.8. The van der Waals surface area contributed by atoms with Gasteiger partial charge in [0.05, 0.1) is 12.2 Å². The van der Waals surface area contributed by atoms with Gasteiger partial charge in [-0.25, -0.2) is 0 Å². The number of nitrogens with zero attached hydrogens (tertiary/aromatic N) is 1. The van der Waals surface area contributed by atoms with Crippen molar-refractivity contribution in [3.8, 4) is 17.2 Å². The summed E-state index contributed by atoms with van der Waals surface area (Å²) in [6, 6.07) is 24.6. The molecule has 2 heterocycles. The Morgan fingerprint density at radius 1 is 0.923 bits per heavy atom. The quantitative estimate of drug-likeness (QED) is 0.142. The third-order valence-electron chi connectivity index (χ3n) is 6.29. The Morgan fingerprint density at radius 3 is 2.36 bits per heavy atom. The minimum Gasteiger partial charge on any atom is -0.507 e. The van der Waals surface area contributed by atoms with E-state index in [1.54, 1.807) is 48.5 Å². The van der Waals surface area contributed by atoms with E-state index in [0.29, 0.717) is 41.0 Å². The van der Waals surface area contributed by atoms with Gasteiger partial charge in [-0.15, -0.1) is 11.3 Å². The average Bonchev–Trinajstić information content (AvgIpc) is 3.55. The average molecular weight is 540 g/mol. The predicted octanol–water partition coefficient (Wildman–Crippen LogP) is 7.51. The molecule has 1 aliphatic heterocycles. The van der Waals surface area contributed by atoms with Crippen LogP contribution in [0, 0.1) is 12.8 Å². The summed E-state index contributed by atoms with van der Waals surface area (Å²) in [4.78, 5) is 29.0. The minimum atomic E-state index is -0.770. The van der Waals surface area contributed by atoms with Crippen molar-refractivity contribution >= 4 is 34.5 Å². The van der Waals surface area contributed by atoms with Crippen LogP contribution in [0.5, 0.6) is 17.2 Å². The van der Waals surface area contributed by atoms with Gasteiger partial charge in [0, 0.05) is 16.1 Å². The van der Waals surface area contributed by atoms with Gasteiger partial charge < -0.3 is 14.6 Å². The lowest BCUT2D eigenvalue weighted by Crippen LogP contribution is -2.29. The summed E-state index contributed by atoms with van der Waals surface area (Å²) >= 11 is 1.42. The number of Topliss-reactive ketones (excluding diaryl/α,β-unsaturated/α-hetero) is 1. The van der Waals surface area contributed by atoms with Crippen molar-refractivity contribution in [2.75, 3.05) is 11.5 Å². The fraction of sp³-hybridized carbons (Fsp3) is 0.188. The lowest BCUT2D eigenvalue weighted by Gasteiger charge is -2.24. The highest BCUT2D eigenvalue weighted by atomic mass is 32.1. The predicted molar refractivity (Wildman–Crippen MR) is 154 cm³/mol. The Balaban J connectivity index is 1.51. The van der Waals surface area contributed by atoms with Gasteiger partial charge in [-0.3, -0.25) is 14.5 Å². The van der Waals surface area contributed by atoms with E-state index in [9.17, 15) is 14.7 Å². The van der Waals surface area contributed by atoms with Crippen LogP contribution in [-0.2, 0) is 9.59 Å². The maximum Gasteiger partial charge on any atom is 0.300 e. The highest BCUT2D eigenvalue weighted by Gasteiger charge is 2.47. The van der Waals surface area contributed by atoms with Crippen LogP contribution in [0.1, 0.15) is 35.9 Å². The molecule has 4 aromatic rings. The Bertz CT molecular complexity index is 1520. The maximum absolute atomic E-state index is 13.4. The zero-order chi connectivity index (χ0) is 27.5. The largest absolute Gasteiger partial charge is 0.507 e. The number of hydrogen-bond donors (Lipinski definition) is 1. The SMILES string of the molecule is Cc1cccc(Oc2ccc(N3C(=O)C(=O)/C(=C(\O)c4cccc(OCC(C)C)c4)C3c3cccs3)cc2)c1. The first-order valence-electron chi connectivity index (χ1n) is 12.7. The van der Waals surface area contributed by atoms with Crippen molar-refractivity contribution in [1.29, 1.82) is 0 Å². The number of carbonyl (C=O) groups excluding carboxylic acids is 2. The van der Waals surface area contributed by atoms with Crippen LogP contribution in [0.15, 0.2) is 95.9 Å². The van der Waals surface area contributed by atoms with Crippen molar-refractivity contribution in [2.45, 2.75) is 26.8 Å². The number of carbonyl (C=O) groups is 2. The van der Waals surface area contributed by atoms with E-state index < -0.39 is 17.7 Å². The van der Waals surface area contributed by atoms with Crippen LogP contribution in [-0.4, -0.2) is 23.4 Å². The lowest BCUT2D eigenvalue weighted by molar-refractivity contribution is -0.132. The summed E-state index contributed by atoms with van der Waals surface area (Å²) in [6.07, 6.45) is 0. The molecular formula is C32H29NO5S. The molecule has 3 aromatic carbocycles. The maximum atomic E-state index is 13.4. The highest BCUT2D eigenvalue weighted by Crippen LogP contribution is 2.44. The number of benzene rings is 3. The number of anilines is 1. The van der Waals surface area contributed by atoms with Gasteiger partial charge in [0.25, 0.3) is 11.7 Å². The number of aryl methyl sites for hydroxylation is 1. The summed E-state index contributed by atoms with van der Waals surface area (Å²) in [5.74, 6) is 0.560. The van der Waals surface area contributed by atoms with Crippen LogP contribution in [0.3, 0.4) is 0 Å². The van der Waals surface area contributed by atoms with Crippen molar-refractivity contribution in [2.24, 2.45) is 5.92 Å². The molecule has 1 unspecified atom stereocenters. The van der Waals surface area contributed by atoms with E-state index in [0.717, 1.165) is 10.4 Å². The van der Waals surface area contributed by atoms with Gasteiger partial charge in [-0.05, 0) is 78.4 Å². The number of amides is 1. The molecule has 0 aliphatic carbocycles. The molecule has 1 fully saturated rings. The number of thiophene rings is 1. The molecule has 39 heavy (non-hydrogen) atoms. The second-order valence-electron chi connectivity index (χ2n) is 9.83. The first kappa shape index (κ1) is 26.3. The van der Waals surface area contributed by atoms with Crippen LogP contribution in [0.4, 0.5) is 5.69 Å². The normalized spacial score (nSPS) is 16.6. The zero-order valence-electron chi connectivity index (χ0n) is 22.0. The van der Waals surface area contributed by atoms with E-state index in [1.165, 1.54) is 16.2 Å². The molecule has 0 bridgehead atoms. The number of aliphatic hydroxyl groups is 1. The number of ketones is 1. The molecule has 1 aliphatic rings. The van der Waals surface area contributed by atoms with Crippen LogP contribution < -0.4 is 14.4 Å². The Labute approximate surface area is 231 Å².